The molecule has 5 nitrogen and oxygen atoms in total. The van der Waals surface area contributed by atoms with Crippen LogP contribution in [0.15, 0.2) is 42.9 Å². The Morgan fingerprint density at radius 1 is 1.24 bits per heavy atom. The Morgan fingerprint density at radius 2 is 2.12 bits per heavy atom. The minimum absolute atomic E-state index is 0.0920. The minimum Gasteiger partial charge on any atom is -0.492 e. The third kappa shape index (κ3) is 3.09. The number of amides is 1. The molecule has 3 aromatic rings. The van der Waals surface area contributed by atoms with Crippen LogP contribution in [0.2, 0.25) is 0 Å². The number of carbonyl (C=O) groups excluding carboxylic acids is 1. The van der Waals surface area contributed by atoms with Gasteiger partial charge in [0.05, 0.1) is 30.1 Å². The molecule has 1 amide bonds. The molecule has 1 aliphatic carbocycles. The highest BCUT2D eigenvalue weighted by atomic mass is 16.5. The Bertz CT molecular complexity index is 930. The molecule has 25 heavy (non-hydrogen) atoms. The summed E-state index contributed by atoms with van der Waals surface area (Å²) in [7, 11) is 0. The van der Waals surface area contributed by atoms with Crippen molar-refractivity contribution < 1.29 is 9.53 Å². The molecule has 0 saturated heterocycles. The fraction of sp³-hybridized carbons (Fsp3) is 0.300. The van der Waals surface area contributed by atoms with Crippen molar-refractivity contribution >= 4 is 11.4 Å². The van der Waals surface area contributed by atoms with Gasteiger partial charge in [-0.25, -0.2) is 4.98 Å². The van der Waals surface area contributed by atoms with E-state index in [0.29, 0.717) is 18.7 Å². The SMILES string of the molecule is Cc1c(C(=O)NCCOc2ccc3c(c2)CCC3)ccc2cncn12. The highest BCUT2D eigenvalue weighted by Crippen LogP contribution is 2.25. The van der Waals surface area contributed by atoms with E-state index in [1.807, 2.05) is 29.5 Å². The lowest BCUT2D eigenvalue weighted by Crippen LogP contribution is -2.29. The molecule has 128 valence electrons. The summed E-state index contributed by atoms with van der Waals surface area (Å²) in [5, 5.41) is 2.92. The molecule has 2 heterocycles. The highest BCUT2D eigenvalue weighted by Gasteiger charge is 2.12. The monoisotopic (exact) mass is 335 g/mol. The number of hydrogen-bond acceptors (Lipinski definition) is 3. The van der Waals surface area contributed by atoms with Crippen LogP contribution >= 0.6 is 0 Å². The lowest BCUT2D eigenvalue weighted by molar-refractivity contribution is 0.0946. The van der Waals surface area contributed by atoms with E-state index in [4.69, 9.17) is 4.74 Å². The van der Waals surface area contributed by atoms with Gasteiger partial charge in [0, 0.05) is 5.69 Å². The molecule has 0 saturated carbocycles. The van der Waals surface area contributed by atoms with Crippen LogP contribution in [0.3, 0.4) is 0 Å². The van der Waals surface area contributed by atoms with Crippen molar-refractivity contribution in [3.8, 4) is 5.75 Å². The molecule has 0 unspecified atom stereocenters. The smallest absolute Gasteiger partial charge is 0.253 e. The number of fused-ring (bicyclic) bond motifs is 2. The van der Waals surface area contributed by atoms with Crippen molar-refractivity contribution in [1.82, 2.24) is 14.7 Å². The molecule has 1 aromatic carbocycles. The van der Waals surface area contributed by atoms with Gasteiger partial charge in [-0.15, -0.1) is 0 Å². The fourth-order valence-electron chi connectivity index (χ4n) is 3.43. The number of rotatable bonds is 5. The summed E-state index contributed by atoms with van der Waals surface area (Å²) >= 11 is 0. The maximum atomic E-state index is 12.4. The fourth-order valence-corrected chi connectivity index (χ4v) is 3.43. The first-order valence-corrected chi connectivity index (χ1v) is 8.67. The lowest BCUT2D eigenvalue weighted by Gasteiger charge is -2.11. The van der Waals surface area contributed by atoms with Crippen molar-refractivity contribution in [2.24, 2.45) is 0 Å². The molecule has 2 aromatic heterocycles. The number of aryl methyl sites for hydroxylation is 3. The topological polar surface area (TPSA) is 55.6 Å². The molecule has 0 bridgehead atoms. The van der Waals surface area contributed by atoms with E-state index in [1.54, 1.807) is 12.5 Å². The molecular weight excluding hydrogens is 314 g/mol. The average molecular weight is 335 g/mol. The van der Waals surface area contributed by atoms with Gasteiger partial charge in [-0.3, -0.25) is 4.79 Å². The predicted octanol–water partition coefficient (Wildman–Crippen LogP) is 2.94. The zero-order valence-electron chi connectivity index (χ0n) is 14.3. The second kappa shape index (κ2) is 6.59. The Kier molecular flexibility index (Phi) is 4.14. The Hall–Kier alpha value is -2.82. The van der Waals surface area contributed by atoms with Gasteiger partial charge < -0.3 is 14.5 Å². The van der Waals surface area contributed by atoms with Gasteiger partial charge in [0.2, 0.25) is 0 Å². The normalized spacial score (nSPS) is 13.0. The van der Waals surface area contributed by atoms with Gasteiger partial charge in [0.15, 0.2) is 0 Å². The summed E-state index contributed by atoms with van der Waals surface area (Å²) in [6.07, 6.45) is 7.04. The van der Waals surface area contributed by atoms with E-state index >= 15 is 0 Å². The average Bonchev–Trinajstić information content (AvgIpc) is 3.27. The first-order valence-electron chi connectivity index (χ1n) is 8.67. The predicted molar refractivity (Wildman–Crippen MR) is 96.2 cm³/mol. The van der Waals surface area contributed by atoms with E-state index in [9.17, 15) is 4.79 Å². The molecule has 0 radical (unpaired) electrons. The van der Waals surface area contributed by atoms with Crippen molar-refractivity contribution in [3.05, 3.63) is 65.2 Å². The summed E-state index contributed by atoms with van der Waals surface area (Å²) in [6.45, 7) is 2.85. The summed E-state index contributed by atoms with van der Waals surface area (Å²) in [5.74, 6) is 0.788. The highest BCUT2D eigenvalue weighted by molar-refractivity contribution is 5.95. The van der Waals surface area contributed by atoms with Crippen LogP contribution in [0.4, 0.5) is 0 Å². The van der Waals surface area contributed by atoms with E-state index in [2.05, 4.69) is 22.4 Å². The van der Waals surface area contributed by atoms with E-state index in [-0.39, 0.29) is 5.91 Å². The van der Waals surface area contributed by atoms with E-state index in [1.165, 1.54) is 24.0 Å². The van der Waals surface area contributed by atoms with Crippen molar-refractivity contribution in [2.45, 2.75) is 26.2 Å². The molecule has 0 fully saturated rings. The molecule has 5 heteroatoms. The molecular formula is C20H21N3O2. The van der Waals surface area contributed by atoms with Crippen molar-refractivity contribution in [1.29, 1.82) is 0 Å². The van der Waals surface area contributed by atoms with Crippen LogP contribution in [-0.4, -0.2) is 28.4 Å². The Morgan fingerprint density at radius 3 is 3.04 bits per heavy atom. The second-order valence-corrected chi connectivity index (χ2v) is 6.41. The maximum Gasteiger partial charge on any atom is 0.253 e. The van der Waals surface area contributed by atoms with Crippen LogP contribution in [0.5, 0.6) is 5.75 Å². The minimum atomic E-state index is -0.0920. The van der Waals surface area contributed by atoms with Gasteiger partial charge in [0.25, 0.3) is 5.91 Å². The van der Waals surface area contributed by atoms with Gasteiger partial charge in [-0.05, 0) is 61.6 Å². The lowest BCUT2D eigenvalue weighted by atomic mass is 10.1. The van der Waals surface area contributed by atoms with Crippen LogP contribution in [0.1, 0.15) is 33.6 Å². The zero-order valence-corrected chi connectivity index (χ0v) is 14.3. The second-order valence-electron chi connectivity index (χ2n) is 6.41. The quantitative estimate of drug-likeness (QED) is 0.730. The van der Waals surface area contributed by atoms with Crippen LogP contribution in [-0.2, 0) is 12.8 Å². The van der Waals surface area contributed by atoms with Gasteiger partial charge >= 0.3 is 0 Å². The third-order valence-electron chi connectivity index (χ3n) is 4.81. The van der Waals surface area contributed by atoms with Crippen LogP contribution < -0.4 is 10.1 Å². The number of imidazole rings is 1. The van der Waals surface area contributed by atoms with E-state index in [0.717, 1.165) is 23.4 Å². The van der Waals surface area contributed by atoms with Crippen LogP contribution in [0, 0.1) is 6.92 Å². The summed E-state index contributed by atoms with van der Waals surface area (Å²) in [6, 6.07) is 10.0. The zero-order chi connectivity index (χ0) is 17.2. The molecule has 0 aliphatic heterocycles. The molecule has 1 N–H and O–H groups in total. The number of carbonyl (C=O) groups is 1. The standard InChI is InChI=1S/C20H21N3O2/c1-14-19(8-6-17-12-21-13-23(14)17)20(24)22-9-10-25-18-7-5-15-3-2-4-16(15)11-18/h5-8,11-13H,2-4,9-10H2,1H3,(H,22,24). The number of aromatic nitrogens is 2. The number of hydrogen-bond donors (Lipinski definition) is 1. The van der Waals surface area contributed by atoms with Crippen molar-refractivity contribution in [3.63, 3.8) is 0 Å². The van der Waals surface area contributed by atoms with Gasteiger partial charge in [0.1, 0.15) is 12.4 Å². The van der Waals surface area contributed by atoms with E-state index < -0.39 is 0 Å². The van der Waals surface area contributed by atoms with Gasteiger partial charge in [-0.1, -0.05) is 6.07 Å². The number of benzene rings is 1. The van der Waals surface area contributed by atoms with Crippen LogP contribution in [0.25, 0.3) is 5.52 Å². The first-order chi connectivity index (χ1) is 12.2. The Labute approximate surface area is 146 Å². The molecule has 1 aliphatic rings. The number of nitrogens with zero attached hydrogens (tertiary/aromatic N) is 2. The molecule has 0 spiro atoms. The number of ether oxygens (including phenoxy) is 1. The summed E-state index contributed by atoms with van der Waals surface area (Å²) < 4.78 is 7.69. The number of pyridine rings is 1. The Balaban J connectivity index is 1.33. The first kappa shape index (κ1) is 15.7. The summed E-state index contributed by atoms with van der Waals surface area (Å²) in [5.41, 5.74) is 5.35. The molecule has 4 rings (SSSR count). The van der Waals surface area contributed by atoms with Gasteiger partial charge in [-0.2, -0.15) is 0 Å². The number of nitrogens with one attached hydrogen (secondary N) is 1. The summed E-state index contributed by atoms with van der Waals surface area (Å²) in [4.78, 5) is 16.5. The maximum absolute atomic E-state index is 12.4. The third-order valence-corrected chi connectivity index (χ3v) is 4.81. The largest absolute Gasteiger partial charge is 0.492 e. The van der Waals surface area contributed by atoms with Crippen molar-refractivity contribution in [2.75, 3.05) is 13.2 Å². The molecule has 0 atom stereocenters.